The van der Waals surface area contributed by atoms with Crippen molar-refractivity contribution < 1.29 is 18.3 Å². The van der Waals surface area contributed by atoms with Crippen LogP contribution in [0.2, 0.25) is 0 Å². The molecular weight excluding hydrogens is 216 g/mol. The smallest absolute Gasteiger partial charge is 0.323 e. The van der Waals surface area contributed by atoms with Crippen molar-refractivity contribution in [1.29, 1.82) is 0 Å². The van der Waals surface area contributed by atoms with Crippen LogP contribution in [0.25, 0.3) is 0 Å². The largest absolute Gasteiger partial charge is 0.459 e. The third kappa shape index (κ3) is 1.93. The number of esters is 1. The lowest BCUT2D eigenvalue weighted by atomic mass is 10.0. The average Bonchev–Trinajstić information content (AvgIpc) is 2.46. The van der Waals surface area contributed by atoms with Gasteiger partial charge in [-0.15, -0.1) is 0 Å². The van der Waals surface area contributed by atoms with Gasteiger partial charge in [-0.05, 0) is 27.2 Å². The fourth-order valence-electron chi connectivity index (χ4n) is 2.19. The minimum Gasteiger partial charge on any atom is -0.459 e. The van der Waals surface area contributed by atoms with E-state index in [-0.39, 0.29) is 19.4 Å². The van der Waals surface area contributed by atoms with Crippen LogP contribution < -0.4 is 5.32 Å². The Kier molecular flexibility index (Phi) is 2.32. The maximum absolute atomic E-state index is 13.1. The maximum atomic E-state index is 13.1. The predicted octanol–water partition coefficient (Wildman–Crippen LogP) is 1.72. The molecule has 92 valence electrons. The van der Waals surface area contributed by atoms with E-state index >= 15 is 0 Å². The monoisotopic (exact) mass is 233 g/mol. The molecule has 2 rings (SSSR count). The molecule has 0 aromatic carbocycles. The highest BCUT2D eigenvalue weighted by molar-refractivity contribution is 5.77. The van der Waals surface area contributed by atoms with E-state index in [4.69, 9.17) is 4.74 Å². The minimum atomic E-state index is -2.60. The summed E-state index contributed by atoms with van der Waals surface area (Å²) >= 11 is 0. The van der Waals surface area contributed by atoms with Gasteiger partial charge in [-0.1, -0.05) is 0 Å². The zero-order valence-electron chi connectivity index (χ0n) is 9.77. The van der Waals surface area contributed by atoms with Gasteiger partial charge in [-0.25, -0.2) is 8.78 Å². The van der Waals surface area contributed by atoms with Crippen molar-refractivity contribution in [2.45, 2.75) is 51.2 Å². The molecule has 1 aliphatic heterocycles. The van der Waals surface area contributed by atoms with E-state index in [1.165, 1.54) is 0 Å². The topological polar surface area (TPSA) is 38.3 Å². The first-order valence-corrected chi connectivity index (χ1v) is 5.49. The molecule has 1 saturated heterocycles. The molecule has 1 N–H and O–H groups in total. The van der Waals surface area contributed by atoms with Crippen LogP contribution in [-0.2, 0) is 9.53 Å². The first kappa shape index (κ1) is 11.8. The highest BCUT2D eigenvalue weighted by Crippen LogP contribution is 2.64. The Balaban J connectivity index is 1.93. The summed E-state index contributed by atoms with van der Waals surface area (Å²) in [4.78, 5) is 11.7. The van der Waals surface area contributed by atoms with E-state index in [2.05, 4.69) is 5.32 Å². The quantitative estimate of drug-likeness (QED) is 0.701. The standard InChI is InChI=1S/C11H17F2NO2/c1-9(2,3)16-8(15)7-4-10(6-14-7)5-11(10,12)13/h7,14H,4-6H2,1-3H3. The third-order valence-corrected chi connectivity index (χ3v) is 3.18. The number of rotatable bonds is 1. The summed E-state index contributed by atoms with van der Waals surface area (Å²) in [6.45, 7) is 5.51. The van der Waals surface area contributed by atoms with Gasteiger partial charge < -0.3 is 10.1 Å². The summed E-state index contributed by atoms with van der Waals surface area (Å²) in [6, 6.07) is -0.576. The van der Waals surface area contributed by atoms with E-state index in [1.54, 1.807) is 20.8 Å². The van der Waals surface area contributed by atoms with E-state index in [0.29, 0.717) is 0 Å². The number of carbonyl (C=O) groups excluding carboxylic acids is 1. The van der Waals surface area contributed by atoms with Crippen LogP contribution in [0.1, 0.15) is 33.6 Å². The molecule has 0 amide bonds. The van der Waals surface area contributed by atoms with Gasteiger partial charge in [0.2, 0.25) is 0 Å². The number of hydrogen-bond donors (Lipinski definition) is 1. The highest BCUT2D eigenvalue weighted by Gasteiger charge is 2.73. The number of halogens is 2. The van der Waals surface area contributed by atoms with Crippen LogP contribution in [0.4, 0.5) is 8.78 Å². The zero-order valence-corrected chi connectivity index (χ0v) is 9.77. The van der Waals surface area contributed by atoms with Gasteiger partial charge in [0, 0.05) is 13.0 Å². The first-order chi connectivity index (χ1) is 7.15. The van der Waals surface area contributed by atoms with E-state index in [1.807, 2.05) is 0 Å². The molecule has 16 heavy (non-hydrogen) atoms. The van der Waals surface area contributed by atoms with Crippen LogP contribution in [0, 0.1) is 5.41 Å². The number of alkyl halides is 2. The van der Waals surface area contributed by atoms with E-state index in [9.17, 15) is 13.6 Å². The number of nitrogens with one attached hydrogen (secondary N) is 1. The van der Waals surface area contributed by atoms with E-state index in [0.717, 1.165) is 0 Å². The Morgan fingerprint density at radius 2 is 2.00 bits per heavy atom. The van der Waals surface area contributed by atoms with Crippen molar-refractivity contribution >= 4 is 5.97 Å². The molecule has 2 fully saturated rings. The molecule has 1 saturated carbocycles. The maximum Gasteiger partial charge on any atom is 0.323 e. The fraction of sp³-hybridized carbons (Fsp3) is 0.909. The summed E-state index contributed by atoms with van der Waals surface area (Å²) in [6.07, 6.45) is 0.0845. The Hall–Kier alpha value is -0.710. The second kappa shape index (κ2) is 3.15. The van der Waals surface area contributed by atoms with Crippen molar-refractivity contribution in [3.8, 4) is 0 Å². The van der Waals surface area contributed by atoms with Crippen molar-refractivity contribution in [3.63, 3.8) is 0 Å². The van der Waals surface area contributed by atoms with Gasteiger partial charge in [-0.2, -0.15) is 0 Å². The Morgan fingerprint density at radius 1 is 1.44 bits per heavy atom. The molecule has 1 heterocycles. The van der Waals surface area contributed by atoms with Gasteiger partial charge in [0.15, 0.2) is 0 Å². The summed E-state index contributed by atoms with van der Waals surface area (Å²) in [5, 5.41) is 2.83. The van der Waals surface area contributed by atoms with Crippen LogP contribution in [0.3, 0.4) is 0 Å². The third-order valence-electron chi connectivity index (χ3n) is 3.18. The average molecular weight is 233 g/mol. The molecule has 1 spiro atoms. The number of carbonyl (C=O) groups is 1. The van der Waals surface area contributed by atoms with Crippen molar-refractivity contribution in [2.24, 2.45) is 5.41 Å². The van der Waals surface area contributed by atoms with Gasteiger partial charge in [-0.3, -0.25) is 4.79 Å². The van der Waals surface area contributed by atoms with Crippen molar-refractivity contribution in [3.05, 3.63) is 0 Å². The number of ether oxygens (including phenoxy) is 1. The van der Waals surface area contributed by atoms with Crippen molar-refractivity contribution in [2.75, 3.05) is 6.54 Å². The minimum absolute atomic E-state index is 0.105. The number of hydrogen-bond acceptors (Lipinski definition) is 3. The molecule has 3 nitrogen and oxygen atoms in total. The molecule has 1 aliphatic carbocycles. The molecule has 2 atom stereocenters. The van der Waals surface area contributed by atoms with Gasteiger partial charge in [0.25, 0.3) is 5.92 Å². The van der Waals surface area contributed by atoms with Gasteiger partial charge in [0.1, 0.15) is 11.6 Å². The predicted molar refractivity (Wildman–Crippen MR) is 54.2 cm³/mol. The Morgan fingerprint density at radius 3 is 2.38 bits per heavy atom. The first-order valence-electron chi connectivity index (χ1n) is 5.49. The second-order valence-corrected chi connectivity index (χ2v) is 5.83. The Bertz CT molecular complexity index is 324. The fourth-order valence-corrected chi connectivity index (χ4v) is 2.19. The molecule has 0 radical (unpaired) electrons. The van der Waals surface area contributed by atoms with Crippen LogP contribution >= 0.6 is 0 Å². The van der Waals surface area contributed by atoms with Crippen LogP contribution in [-0.4, -0.2) is 30.1 Å². The van der Waals surface area contributed by atoms with Crippen molar-refractivity contribution in [1.82, 2.24) is 5.32 Å². The van der Waals surface area contributed by atoms with Gasteiger partial charge in [0.05, 0.1) is 5.41 Å². The highest BCUT2D eigenvalue weighted by atomic mass is 19.3. The molecule has 0 aromatic heterocycles. The molecule has 0 aromatic rings. The second-order valence-electron chi connectivity index (χ2n) is 5.83. The summed E-state index contributed by atoms with van der Waals surface area (Å²) < 4.78 is 31.3. The molecule has 2 unspecified atom stereocenters. The normalized spacial score (nSPS) is 36.4. The molecule has 2 aliphatic rings. The lowest BCUT2D eigenvalue weighted by molar-refractivity contribution is -0.157. The zero-order chi connectivity index (χ0) is 12.2. The molecular formula is C11H17F2NO2. The van der Waals surface area contributed by atoms with Gasteiger partial charge >= 0.3 is 5.97 Å². The van der Waals surface area contributed by atoms with Crippen LogP contribution in [0.5, 0.6) is 0 Å². The molecule has 0 bridgehead atoms. The van der Waals surface area contributed by atoms with Crippen LogP contribution in [0.15, 0.2) is 0 Å². The summed E-state index contributed by atoms with van der Waals surface area (Å²) in [5.74, 6) is -3.02. The Labute approximate surface area is 93.5 Å². The van der Waals surface area contributed by atoms with E-state index < -0.39 is 28.9 Å². The lowest BCUT2D eigenvalue weighted by Gasteiger charge is -2.22. The summed E-state index contributed by atoms with van der Waals surface area (Å²) in [7, 11) is 0. The SMILES string of the molecule is CC(C)(C)OC(=O)C1CC2(CN1)CC2(F)F. The summed E-state index contributed by atoms with van der Waals surface area (Å²) in [5.41, 5.74) is -1.55. The molecule has 5 heteroatoms. The lowest BCUT2D eigenvalue weighted by Crippen LogP contribution is -2.37.